The topological polar surface area (TPSA) is 69.7 Å². The Kier molecular flexibility index (Phi) is 12.6. The maximum Gasteiger partial charge on any atom is 0.343 e. The number of benzene rings is 3. The number of hydrogen-bond acceptors (Lipinski definition) is 5. The third-order valence-electron chi connectivity index (χ3n) is 6.99. The van der Waals surface area contributed by atoms with E-state index in [1.54, 1.807) is 43.3 Å². The molecule has 5 nitrogen and oxygen atoms in total. The Bertz CT molecular complexity index is 1210. The van der Waals surface area contributed by atoms with Gasteiger partial charge in [-0.2, -0.15) is 0 Å². The third-order valence-corrected chi connectivity index (χ3v) is 6.99. The van der Waals surface area contributed by atoms with E-state index in [9.17, 15) is 14.4 Å². The van der Waals surface area contributed by atoms with Gasteiger partial charge in [-0.05, 0) is 79.3 Å². The van der Waals surface area contributed by atoms with Crippen LogP contribution in [-0.2, 0) is 16.0 Å². The quantitative estimate of drug-likeness (QED) is 0.0783. The molecule has 212 valence electrons. The second-order valence-electron chi connectivity index (χ2n) is 10.3. The van der Waals surface area contributed by atoms with Crippen molar-refractivity contribution in [2.24, 2.45) is 0 Å². The summed E-state index contributed by atoms with van der Waals surface area (Å²) in [6, 6.07) is 22.3. The molecule has 0 saturated carbocycles. The molecule has 1 unspecified atom stereocenters. The molecule has 0 aliphatic heterocycles. The molecule has 0 aliphatic carbocycles. The first-order valence-electron chi connectivity index (χ1n) is 14.7. The van der Waals surface area contributed by atoms with Crippen molar-refractivity contribution in [3.8, 4) is 16.9 Å². The number of Topliss-reactive ketones (excluding diaryl/α,β-unsaturated/α-hetero) is 1. The van der Waals surface area contributed by atoms with Gasteiger partial charge in [0, 0.05) is 12.0 Å². The van der Waals surface area contributed by atoms with Crippen LogP contribution >= 0.6 is 0 Å². The lowest BCUT2D eigenvalue weighted by atomic mass is 10.00. The highest BCUT2D eigenvalue weighted by Crippen LogP contribution is 2.22. The van der Waals surface area contributed by atoms with Crippen molar-refractivity contribution in [1.29, 1.82) is 0 Å². The standard InChI is InChI=1S/C35H42O5/c1-4-6-8-9-11-12-27-14-16-28(17-15-27)29-18-20-31(21-19-29)35(38)40-32-24-22-30(23-25-32)34(37)26(3)39-33(36)13-10-7-5-2/h14-26H,4-13H2,1-3H3. The zero-order valence-corrected chi connectivity index (χ0v) is 24.1. The van der Waals surface area contributed by atoms with Crippen molar-refractivity contribution >= 4 is 17.7 Å². The predicted molar refractivity (Wildman–Crippen MR) is 160 cm³/mol. The van der Waals surface area contributed by atoms with E-state index in [0.29, 0.717) is 23.3 Å². The maximum absolute atomic E-state index is 12.7. The molecular formula is C35H42O5. The second-order valence-corrected chi connectivity index (χ2v) is 10.3. The van der Waals surface area contributed by atoms with Crippen LogP contribution in [0.2, 0.25) is 0 Å². The minimum Gasteiger partial charge on any atom is -0.454 e. The van der Waals surface area contributed by atoms with Gasteiger partial charge in [0.05, 0.1) is 5.56 Å². The Balaban J connectivity index is 1.50. The molecule has 40 heavy (non-hydrogen) atoms. The number of carbonyl (C=O) groups excluding carboxylic acids is 3. The summed E-state index contributed by atoms with van der Waals surface area (Å²) >= 11 is 0. The van der Waals surface area contributed by atoms with Gasteiger partial charge in [0.25, 0.3) is 0 Å². The molecule has 0 N–H and O–H groups in total. The Morgan fingerprint density at radius 2 is 1.20 bits per heavy atom. The second kappa shape index (κ2) is 16.4. The van der Waals surface area contributed by atoms with Gasteiger partial charge in [-0.15, -0.1) is 0 Å². The summed E-state index contributed by atoms with van der Waals surface area (Å²) in [6.07, 6.45) is 9.67. The van der Waals surface area contributed by atoms with E-state index >= 15 is 0 Å². The lowest BCUT2D eigenvalue weighted by Gasteiger charge is -2.13. The molecule has 1 atom stereocenters. The van der Waals surface area contributed by atoms with Crippen molar-refractivity contribution in [3.63, 3.8) is 0 Å². The van der Waals surface area contributed by atoms with E-state index in [4.69, 9.17) is 9.47 Å². The van der Waals surface area contributed by atoms with Crippen molar-refractivity contribution in [2.45, 2.75) is 91.1 Å². The molecule has 0 radical (unpaired) electrons. The van der Waals surface area contributed by atoms with Crippen LogP contribution in [0.1, 0.15) is 105 Å². The molecule has 3 rings (SSSR count). The largest absolute Gasteiger partial charge is 0.454 e. The van der Waals surface area contributed by atoms with Crippen LogP contribution in [0, 0.1) is 0 Å². The van der Waals surface area contributed by atoms with Crippen LogP contribution in [0.15, 0.2) is 72.8 Å². The molecule has 0 heterocycles. The van der Waals surface area contributed by atoms with Crippen molar-refractivity contribution in [2.75, 3.05) is 0 Å². The number of hydrogen-bond donors (Lipinski definition) is 0. The molecule has 3 aromatic carbocycles. The van der Waals surface area contributed by atoms with E-state index in [2.05, 4.69) is 38.1 Å². The lowest BCUT2D eigenvalue weighted by Crippen LogP contribution is -2.24. The fraction of sp³-hybridized carbons (Fsp3) is 0.400. The maximum atomic E-state index is 12.7. The highest BCUT2D eigenvalue weighted by molar-refractivity contribution is 6.00. The number of esters is 2. The molecule has 0 fully saturated rings. The normalized spacial score (nSPS) is 11.6. The Morgan fingerprint density at radius 1 is 0.650 bits per heavy atom. The van der Waals surface area contributed by atoms with Gasteiger partial charge >= 0.3 is 11.9 Å². The van der Waals surface area contributed by atoms with Crippen LogP contribution in [0.4, 0.5) is 0 Å². The highest BCUT2D eigenvalue weighted by atomic mass is 16.5. The molecule has 0 saturated heterocycles. The monoisotopic (exact) mass is 542 g/mol. The molecule has 0 bridgehead atoms. The molecular weight excluding hydrogens is 500 g/mol. The van der Waals surface area contributed by atoms with Gasteiger partial charge < -0.3 is 9.47 Å². The fourth-order valence-corrected chi connectivity index (χ4v) is 4.51. The molecule has 5 heteroatoms. The summed E-state index contributed by atoms with van der Waals surface area (Å²) in [7, 11) is 0. The zero-order valence-electron chi connectivity index (χ0n) is 24.1. The van der Waals surface area contributed by atoms with Gasteiger partial charge in [-0.1, -0.05) is 88.8 Å². The van der Waals surface area contributed by atoms with Crippen LogP contribution in [0.25, 0.3) is 11.1 Å². The van der Waals surface area contributed by atoms with Gasteiger partial charge in [0.1, 0.15) is 5.75 Å². The summed E-state index contributed by atoms with van der Waals surface area (Å²) in [4.78, 5) is 37.2. The molecule has 0 aromatic heterocycles. The average Bonchev–Trinajstić information content (AvgIpc) is 2.97. The van der Waals surface area contributed by atoms with Gasteiger partial charge in [0.15, 0.2) is 6.10 Å². The summed E-state index contributed by atoms with van der Waals surface area (Å²) in [5.74, 6) is -0.799. The summed E-state index contributed by atoms with van der Waals surface area (Å²) < 4.78 is 10.8. The van der Waals surface area contributed by atoms with Gasteiger partial charge in [-0.25, -0.2) is 4.79 Å². The SMILES string of the molecule is CCCCCCCc1ccc(-c2ccc(C(=O)Oc3ccc(C(=O)C(C)OC(=O)CCCCC)cc3)cc2)cc1. The van der Waals surface area contributed by atoms with Crippen molar-refractivity contribution in [1.82, 2.24) is 0 Å². The van der Waals surface area contributed by atoms with E-state index in [1.165, 1.54) is 37.7 Å². The summed E-state index contributed by atoms with van der Waals surface area (Å²) in [5, 5.41) is 0. The average molecular weight is 543 g/mol. The summed E-state index contributed by atoms with van der Waals surface area (Å²) in [6.45, 7) is 5.87. The zero-order chi connectivity index (χ0) is 28.7. The van der Waals surface area contributed by atoms with Crippen LogP contribution < -0.4 is 4.74 Å². The highest BCUT2D eigenvalue weighted by Gasteiger charge is 2.19. The van der Waals surface area contributed by atoms with Crippen LogP contribution in [0.5, 0.6) is 5.75 Å². The molecule has 0 amide bonds. The number of carbonyl (C=O) groups is 3. The van der Waals surface area contributed by atoms with Crippen molar-refractivity contribution < 1.29 is 23.9 Å². The third kappa shape index (κ3) is 9.78. The minimum absolute atomic E-state index is 0.294. The van der Waals surface area contributed by atoms with Crippen LogP contribution in [-0.4, -0.2) is 23.8 Å². The van der Waals surface area contributed by atoms with E-state index < -0.39 is 12.1 Å². The number of ketones is 1. The first-order chi connectivity index (χ1) is 19.4. The van der Waals surface area contributed by atoms with Crippen molar-refractivity contribution in [3.05, 3.63) is 89.5 Å². The fourth-order valence-electron chi connectivity index (χ4n) is 4.51. The van der Waals surface area contributed by atoms with Gasteiger partial charge in [0.2, 0.25) is 5.78 Å². The van der Waals surface area contributed by atoms with Gasteiger partial charge in [-0.3, -0.25) is 9.59 Å². The Morgan fingerprint density at radius 3 is 1.82 bits per heavy atom. The first kappa shape index (κ1) is 30.8. The number of rotatable bonds is 16. The van der Waals surface area contributed by atoms with Crippen LogP contribution in [0.3, 0.4) is 0 Å². The lowest BCUT2D eigenvalue weighted by molar-refractivity contribution is -0.146. The van der Waals surface area contributed by atoms with E-state index in [0.717, 1.165) is 36.8 Å². The Labute approximate surface area is 238 Å². The number of ether oxygens (including phenoxy) is 2. The molecule has 3 aromatic rings. The number of aryl methyl sites for hydroxylation is 1. The smallest absolute Gasteiger partial charge is 0.343 e. The summed E-state index contributed by atoms with van der Waals surface area (Å²) in [5.41, 5.74) is 4.33. The van der Waals surface area contributed by atoms with E-state index in [-0.39, 0.29) is 11.8 Å². The first-order valence-corrected chi connectivity index (χ1v) is 14.7. The Hall–Kier alpha value is -3.73. The number of unbranched alkanes of at least 4 members (excludes halogenated alkanes) is 6. The minimum atomic E-state index is -0.868. The predicted octanol–water partition coefficient (Wildman–Crippen LogP) is 8.78. The van der Waals surface area contributed by atoms with E-state index in [1.807, 2.05) is 12.1 Å². The molecule has 0 spiro atoms. The molecule has 0 aliphatic rings.